The lowest BCUT2D eigenvalue weighted by atomic mass is 10.1. The third kappa shape index (κ3) is 4.81. The van der Waals surface area contributed by atoms with Gasteiger partial charge in [0, 0.05) is 5.56 Å². The smallest absolute Gasteiger partial charge is 0.310 e. The van der Waals surface area contributed by atoms with E-state index in [0.717, 1.165) is 0 Å². The molecule has 0 N–H and O–H groups in total. The van der Waals surface area contributed by atoms with Crippen LogP contribution in [0.4, 0.5) is 4.39 Å². The Balaban J connectivity index is 1.62. The lowest BCUT2D eigenvalue weighted by molar-refractivity contribution is -0.144. The number of nitrogens with zero attached hydrogens (tertiary/aromatic N) is 2. The van der Waals surface area contributed by atoms with Crippen LogP contribution in [-0.4, -0.2) is 37.4 Å². The molecule has 3 rings (SSSR count). The van der Waals surface area contributed by atoms with Crippen LogP contribution >= 0.6 is 0 Å². The van der Waals surface area contributed by atoms with Gasteiger partial charge in [-0.15, -0.1) is 0 Å². The Hall–Kier alpha value is -3.62. The number of ether oxygens (including phenoxy) is 4. The van der Waals surface area contributed by atoms with Crippen molar-refractivity contribution in [1.29, 1.82) is 0 Å². The molecule has 29 heavy (non-hydrogen) atoms. The van der Waals surface area contributed by atoms with E-state index in [1.54, 1.807) is 12.1 Å². The fraction of sp³-hybridized carbons (Fsp3) is 0.250. The fourth-order valence-electron chi connectivity index (χ4n) is 2.63. The number of rotatable bonds is 8. The Morgan fingerprint density at radius 1 is 1.03 bits per heavy atom. The SMILES string of the molecule is COc1cc(CC(=O)OCc2nc(-c3ccc(F)cc3)no2)cc(OC)c1OC. The quantitative estimate of drug-likeness (QED) is 0.531. The van der Waals surface area contributed by atoms with Crippen molar-refractivity contribution in [1.82, 2.24) is 10.1 Å². The first-order chi connectivity index (χ1) is 14.0. The first-order valence-corrected chi connectivity index (χ1v) is 8.57. The first kappa shape index (κ1) is 20.1. The predicted molar refractivity (Wildman–Crippen MR) is 99.3 cm³/mol. The second kappa shape index (κ2) is 9.05. The predicted octanol–water partition coefficient (Wildman–Crippen LogP) is 3.19. The molecule has 0 spiro atoms. The minimum Gasteiger partial charge on any atom is -0.493 e. The lowest BCUT2D eigenvalue weighted by Gasteiger charge is -2.13. The Bertz CT molecular complexity index is 962. The zero-order valence-electron chi connectivity index (χ0n) is 16.1. The Morgan fingerprint density at radius 2 is 1.69 bits per heavy atom. The molecule has 3 aromatic rings. The number of carbonyl (C=O) groups is 1. The molecule has 0 amide bonds. The number of carbonyl (C=O) groups excluding carboxylic acids is 1. The molecule has 0 radical (unpaired) electrons. The maximum Gasteiger partial charge on any atom is 0.310 e. The highest BCUT2D eigenvalue weighted by Gasteiger charge is 2.16. The van der Waals surface area contributed by atoms with Crippen molar-refractivity contribution in [2.24, 2.45) is 0 Å². The van der Waals surface area contributed by atoms with Crippen molar-refractivity contribution in [3.05, 3.63) is 53.7 Å². The Morgan fingerprint density at radius 3 is 2.28 bits per heavy atom. The number of benzene rings is 2. The molecule has 0 saturated heterocycles. The summed E-state index contributed by atoms with van der Waals surface area (Å²) in [5.74, 6) is 0.861. The summed E-state index contributed by atoms with van der Waals surface area (Å²) in [6.07, 6.45) is -0.0182. The first-order valence-electron chi connectivity index (χ1n) is 8.57. The highest BCUT2D eigenvalue weighted by atomic mass is 19.1. The molecule has 0 aliphatic rings. The van der Waals surface area contributed by atoms with Crippen molar-refractivity contribution in [2.75, 3.05) is 21.3 Å². The zero-order chi connectivity index (χ0) is 20.8. The van der Waals surface area contributed by atoms with Crippen LogP contribution in [0.25, 0.3) is 11.4 Å². The van der Waals surface area contributed by atoms with E-state index in [4.69, 9.17) is 23.5 Å². The monoisotopic (exact) mass is 402 g/mol. The molecule has 0 atom stereocenters. The van der Waals surface area contributed by atoms with Gasteiger partial charge in [0.1, 0.15) is 5.82 Å². The van der Waals surface area contributed by atoms with Gasteiger partial charge in [0.2, 0.25) is 11.6 Å². The zero-order valence-corrected chi connectivity index (χ0v) is 16.1. The van der Waals surface area contributed by atoms with Crippen molar-refractivity contribution in [3.63, 3.8) is 0 Å². The Labute approximate surface area is 166 Å². The largest absolute Gasteiger partial charge is 0.493 e. The van der Waals surface area contributed by atoms with Crippen molar-refractivity contribution in [2.45, 2.75) is 13.0 Å². The van der Waals surface area contributed by atoms with E-state index in [-0.39, 0.29) is 30.6 Å². The van der Waals surface area contributed by atoms with E-state index in [0.29, 0.717) is 28.4 Å². The van der Waals surface area contributed by atoms with Crippen LogP contribution in [0.15, 0.2) is 40.9 Å². The van der Waals surface area contributed by atoms with Crippen LogP contribution in [0.5, 0.6) is 17.2 Å². The molecule has 9 heteroatoms. The third-order valence-electron chi connectivity index (χ3n) is 4.00. The van der Waals surface area contributed by atoms with Gasteiger partial charge in [-0.1, -0.05) is 5.16 Å². The molecular weight excluding hydrogens is 383 g/mol. The summed E-state index contributed by atoms with van der Waals surface area (Å²) < 4.78 is 39.0. The van der Waals surface area contributed by atoms with Gasteiger partial charge < -0.3 is 23.5 Å². The summed E-state index contributed by atoms with van der Waals surface area (Å²) in [6, 6.07) is 8.98. The van der Waals surface area contributed by atoms with Crippen LogP contribution in [0.1, 0.15) is 11.5 Å². The molecule has 1 aromatic heterocycles. The summed E-state index contributed by atoms with van der Waals surface area (Å²) in [5, 5.41) is 3.80. The summed E-state index contributed by atoms with van der Waals surface area (Å²) in [6.45, 7) is -0.183. The van der Waals surface area contributed by atoms with Gasteiger partial charge in [0.25, 0.3) is 5.89 Å². The topological polar surface area (TPSA) is 92.9 Å². The van der Waals surface area contributed by atoms with E-state index < -0.39 is 5.97 Å². The van der Waals surface area contributed by atoms with Gasteiger partial charge in [-0.2, -0.15) is 4.98 Å². The molecule has 0 fully saturated rings. The standard InChI is InChI=1S/C20H19FN2O6/c1-25-15-8-12(9-16(26-2)19(15)27-3)10-18(24)28-11-17-22-20(23-29-17)13-4-6-14(21)7-5-13/h4-9H,10-11H2,1-3H3. The number of halogens is 1. The van der Waals surface area contributed by atoms with Gasteiger partial charge in [0.15, 0.2) is 18.1 Å². The number of aromatic nitrogens is 2. The van der Waals surface area contributed by atoms with Crippen LogP contribution in [0.2, 0.25) is 0 Å². The molecule has 1 heterocycles. The number of hydrogen-bond acceptors (Lipinski definition) is 8. The van der Waals surface area contributed by atoms with Crippen LogP contribution in [0.3, 0.4) is 0 Å². The van der Waals surface area contributed by atoms with Gasteiger partial charge in [-0.05, 0) is 42.0 Å². The average Bonchev–Trinajstić information content (AvgIpc) is 3.21. The van der Waals surface area contributed by atoms with Crippen LogP contribution < -0.4 is 14.2 Å². The summed E-state index contributed by atoms with van der Waals surface area (Å²) in [4.78, 5) is 16.3. The molecule has 8 nitrogen and oxygen atoms in total. The number of esters is 1. The molecule has 0 aliphatic heterocycles. The van der Waals surface area contributed by atoms with Crippen LogP contribution in [0, 0.1) is 5.82 Å². The van der Waals surface area contributed by atoms with Crippen molar-refractivity contribution >= 4 is 5.97 Å². The molecule has 0 bridgehead atoms. The average molecular weight is 402 g/mol. The van der Waals surface area contributed by atoms with E-state index in [9.17, 15) is 9.18 Å². The van der Waals surface area contributed by atoms with Crippen molar-refractivity contribution in [3.8, 4) is 28.6 Å². The molecule has 0 aliphatic carbocycles. The summed E-state index contributed by atoms with van der Waals surface area (Å²) >= 11 is 0. The maximum absolute atomic E-state index is 13.0. The highest BCUT2D eigenvalue weighted by molar-refractivity contribution is 5.73. The third-order valence-corrected chi connectivity index (χ3v) is 4.00. The van der Waals surface area contributed by atoms with E-state index in [2.05, 4.69) is 10.1 Å². The number of hydrogen-bond donors (Lipinski definition) is 0. The molecular formula is C20H19FN2O6. The maximum atomic E-state index is 13.0. The fourth-order valence-corrected chi connectivity index (χ4v) is 2.63. The summed E-state index contributed by atoms with van der Waals surface area (Å²) in [7, 11) is 4.49. The highest BCUT2D eigenvalue weighted by Crippen LogP contribution is 2.38. The minimum absolute atomic E-state index is 0.0182. The van der Waals surface area contributed by atoms with Gasteiger partial charge in [-0.3, -0.25) is 4.79 Å². The lowest BCUT2D eigenvalue weighted by Crippen LogP contribution is -2.09. The van der Waals surface area contributed by atoms with Crippen LogP contribution in [-0.2, 0) is 22.6 Å². The second-order valence-corrected chi connectivity index (χ2v) is 5.89. The molecule has 0 unspecified atom stereocenters. The molecule has 0 saturated carbocycles. The van der Waals surface area contributed by atoms with E-state index in [1.165, 1.54) is 45.6 Å². The normalized spacial score (nSPS) is 10.5. The number of methoxy groups -OCH3 is 3. The minimum atomic E-state index is -0.499. The molecule has 152 valence electrons. The summed E-state index contributed by atoms with van der Waals surface area (Å²) in [5.41, 5.74) is 1.21. The van der Waals surface area contributed by atoms with E-state index >= 15 is 0 Å². The van der Waals surface area contributed by atoms with E-state index in [1.807, 2.05) is 0 Å². The Kier molecular flexibility index (Phi) is 6.28. The van der Waals surface area contributed by atoms with Gasteiger partial charge in [-0.25, -0.2) is 4.39 Å². The van der Waals surface area contributed by atoms with Gasteiger partial charge >= 0.3 is 5.97 Å². The van der Waals surface area contributed by atoms with Gasteiger partial charge in [0.05, 0.1) is 27.8 Å². The second-order valence-electron chi connectivity index (χ2n) is 5.89. The molecule has 2 aromatic carbocycles. The van der Waals surface area contributed by atoms with Crippen molar-refractivity contribution < 1.29 is 32.7 Å².